The molecule has 0 aliphatic rings. The second-order valence-corrected chi connectivity index (χ2v) is 11.8. The summed E-state index contributed by atoms with van der Waals surface area (Å²) in [5, 5.41) is 3.41. The molecule has 13 heteroatoms. The van der Waals surface area contributed by atoms with Crippen molar-refractivity contribution < 1.29 is 31.2 Å². The molecule has 7 nitrogen and oxygen atoms in total. The van der Waals surface area contributed by atoms with Crippen LogP contribution in [0.3, 0.4) is 0 Å². The molecule has 0 bridgehead atoms. The SMILES string of the molecule is CCCCNC(=O)[C@@H](C)N(Cc1c(Cl)cccc1Cl)C(=O)CCCN(c1cccc(C(F)(F)F)c1)S(C)(=O)=O. The van der Waals surface area contributed by atoms with Gasteiger partial charge in [0.25, 0.3) is 0 Å². The summed E-state index contributed by atoms with van der Waals surface area (Å²) >= 11 is 12.6. The molecule has 0 radical (unpaired) electrons. The first-order valence-electron chi connectivity index (χ1n) is 12.3. The van der Waals surface area contributed by atoms with Gasteiger partial charge in [0.2, 0.25) is 21.8 Å². The largest absolute Gasteiger partial charge is 0.416 e. The second-order valence-electron chi connectivity index (χ2n) is 9.03. The van der Waals surface area contributed by atoms with Gasteiger partial charge in [0.1, 0.15) is 6.04 Å². The minimum atomic E-state index is -4.65. The van der Waals surface area contributed by atoms with E-state index in [9.17, 15) is 31.2 Å². The van der Waals surface area contributed by atoms with Gasteiger partial charge in [-0.1, -0.05) is 48.7 Å². The van der Waals surface area contributed by atoms with Crippen LogP contribution in [0.2, 0.25) is 10.0 Å². The quantitative estimate of drug-likeness (QED) is 0.287. The van der Waals surface area contributed by atoms with E-state index in [-0.39, 0.29) is 37.5 Å². The number of sulfonamides is 1. The van der Waals surface area contributed by atoms with Crippen LogP contribution in [0.4, 0.5) is 18.9 Å². The third-order valence-electron chi connectivity index (χ3n) is 6.00. The van der Waals surface area contributed by atoms with Crippen LogP contribution >= 0.6 is 23.2 Å². The summed E-state index contributed by atoms with van der Waals surface area (Å²) in [6.45, 7) is 3.67. The number of carbonyl (C=O) groups is 2. The first-order valence-corrected chi connectivity index (χ1v) is 14.9. The lowest BCUT2D eigenvalue weighted by molar-refractivity contribution is -0.140. The highest BCUT2D eigenvalue weighted by molar-refractivity contribution is 7.92. The monoisotopic (exact) mass is 609 g/mol. The van der Waals surface area contributed by atoms with Crippen molar-refractivity contribution in [3.8, 4) is 0 Å². The fraction of sp³-hybridized carbons (Fsp3) is 0.462. The van der Waals surface area contributed by atoms with E-state index in [1.807, 2.05) is 6.92 Å². The Morgan fingerprint density at radius 3 is 2.23 bits per heavy atom. The van der Waals surface area contributed by atoms with Gasteiger partial charge in [-0.15, -0.1) is 0 Å². The Balaban J connectivity index is 2.25. The normalized spacial score (nSPS) is 12.6. The Hall–Kier alpha value is -2.50. The third kappa shape index (κ3) is 9.58. The standard InChI is InChI=1S/C26H32Cl2F3N3O4S/c1-4-5-14-32-25(36)18(2)33(17-21-22(27)11-7-12-23(21)28)24(35)13-8-15-34(39(3,37)38)20-10-6-9-19(16-20)26(29,30)31/h6-7,9-12,16,18H,4-5,8,13-15,17H2,1-3H3,(H,32,36)/t18-/m1/s1. The minimum absolute atomic E-state index is 0.0148. The van der Waals surface area contributed by atoms with Crippen molar-refractivity contribution in [2.75, 3.05) is 23.7 Å². The van der Waals surface area contributed by atoms with Gasteiger partial charge in [0, 0.05) is 41.7 Å². The van der Waals surface area contributed by atoms with Crippen molar-refractivity contribution in [2.24, 2.45) is 0 Å². The summed E-state index contributed by atoms with van der Waals surface area (Å²) in [7, 11) is -3.96. The summed E-state index contributed by atoms with van der Waals surface area (Å²) in [6.07, 6.45) is -2.33. The van der Waals surface area contributed by atoms with Gasteiger partial charge in [0.05, 0.1) is 17.5 Å². The average molecular weight is 611 g/mol. The van der Waals surface area contributed by atoms with E-state index < -0.39 is 33.7 Å². The van der Waals surface area contributed by atoms with Gasteiger partial charge in [0.15, 0.2) is 0 Å². The lowest BCUT2D eigenvalue weighted by Crippen LogP contribution is -2.48. The van der Waals surface area contributed by atoms with Crippen LogP contribution in [0.25, 0.3) is 0 Å². The molecule has 0 unspecified atom stereocenters. The van der Waals surface area contributed by atoms with Gasteiger partial charge in [-0.05, 0) is 50.1 Å². The van der Waals surface area contributed by atoms with Gasteiger partial charge in [-0.3, -0.25) is 13.9 Å². The lowest BCUT2D eigenvalue weighted by atomic mass is 10.1. The topological polar surface area (TPSA) is 86.8 Å². The van der Waals surface area contributed by atoms with Gasteiger partial charge < -0.3 is 10.2 Å². The van der Waals surface area contributed by atoms with E-state index in [0.29, 0.717) is 22.2 Å². The highest BCUT2D eigenvalue weighted by Crippen LogP contribution is 2.32. The molecule has 2 amide bonds. The first-order chi connectivity index (χ1) is 18.2. The summed E-state index contributed by atoms with van der Waals surface area (Å²) in [4.78, 5) is 27.4. The molecule has 0 aliphatic carbocycles. The summed E-state index contributed by atoms with van der Waals surface area (Å²) < 4.78 is 65.2. The molecule has 216 valence electrons. The van der Waals surface area contributed by atoms with Crippen molar-refractivity contribution in [1.82, 2.24) is 10.2 Å². The van der Waals surface area contributed by atoms with E-state index in [0.717, 1.165) is 41.6 Å². The van der Waals surface area contributed by atoms with E-state index in [2.05, 4.69) is 5.32 Å². The molecule has 0 fully saturated rings. The Morgan fingerprint density at radius 2 is 1.67 bits per heavy atom. The van der Waals surface area contributed by atoms with Gasteiger partial charge >= 0.3 is 6.18 Å². The van der Waals surface area contributed by atoms with Crippen LogP contribution in [-0.4, -0.2) is 50.5 Å². The number of halogens is 5. The average Bonchev–Trinajstić information content (AvgIpc) is 2.85. The number of nitrogens with zero attached hydrogens (tertiary/aromatic N) is 2. The van der Waals surface area contributed by atoms with Gasteiger partial charge in [-0.25, -0.2) is 8.42 Å². The zero-order chi connectivity index (χ0) is 29.4. The zero-order valence-electron chi connectivity index (χ0n) is 21.9. The van der Waals surface area contributed by atoms with Crippen molar-refractivity contribution in [3.05, 3.63) is 63.6 Å². The van der Waals surface area contributed by atoms with Crippen molar-refractivity contribution in [1.29, 1.82) is 0 Å². The van der Waals surface area contributed by atoms with Crippen molar-refractivity contribution in [2.45, 2.75) is 58.3 Å². The van der Waals surface area contributed by atoms with Crippen molar-refractivity contribution >= 4 is 50.7 Å². The maximum absolute atomic E-state index is 13.3. The maximum Gasteiger partial charge on any atom is 0.416 e. The Bertz CT molecular complexity index is 1240. The number of benzene rings is 2. The molecule has 0 saturated heterocycles. The number of carbonyl (C=O) groups excluding carboxylic acids is 2. The van der Waals surface area contributed by atoms with E-state index >= 15 is 0 Å². The number of nitrogens with one attached hydrogen (secondary N) is 1. The fourth-order valence-corrected chi connectivity index (χ4v) is 5.29. The molecule has 1 N–H and O–H groups in total. The third-order valence-corrected chi connectivity index (χ3v) is 7.90. The maximum atomic E-state index is 13.3. The first kappa shape index (κ1) is 32.7. The van der Waals surface area contributed by atoms with Crippen molar-refractivity contribution in [3.63, 3.8) is 0 Å². The molecule has 0 aromatic heterocycles. The molecule has 39 heavy (non-hydrogen) atoms. The number of rotatable bonds is 13. The Kier molecular flexibility index (Phi) is 11.9. The zero-order valence-corrected chi connectivity index (χ0v) is 24.2. The summed E-state index contributed by atoms with van der Waals surface area (Å²) in [5.74, 6) is -0.844. The molecule has 0 aliphatic heterocycles. The molecule has 0 heterocycles. The van der Waals surface area contributed by atoms with Gasteiger partial charge in [-0.2, -0.15) is 13.2 Å². The van der Waals surface area contributed by atoms with Crippen LogP contribution < -0.4 is 9.62 Å². The molecule has 2 aromatic rings. The van der Waals surface area contributed by atoms with E-state index in [1.54, 1.807) is 25.1 Å². The van der Waals surface area contributed by atoms with Crippen LogP contribution in [0.1, 0.15) is 50.7 Å². The summed E-state index contributed by atoms with van der Waals surface area (Å²) in [6, 6.07) is 7.94. The molecule has 0 spiro atoms. The van der Waals surface area contributed by atoms with Crippen LogP contribution in [0.15, 0.2) is 42.5 Å². The molecule has 2 aromatic carbocycles. The number of alkyl halides is 3. The lowest BCUT2D eigenvalue weighted by Gasteiger charge is -2.30. The second kappa shape index (κ2) is 14.2. The molecule has 2 rings (SSSR count). The minimum Gasteiger partial charge on any atom is -0.354 e. The highest BCUT2D eigenvalue weighted by Gasteiger charge is 2.32. The Morgan fingerprint density at radius 1 is 1.05 bits per heavy atom. The number of hydrogen-bond donors (Lipinski definition) is 1. The number of amides is 2. The van der Waals surface area contributed by atoms with E-state index in [4.69, 9.17) is 23.2 Å². The molecule has 0 saturated carbocycles. The fourth-order valence-electron chi connectivity index (χ4n) is 3.81. The highest BCUT2D eigenvalue weighted by atomic mass is 35.5. The molecule has 1 atom stereocenters. The van der Waals surface area contributed by atoms with Crippen LogP contribution in [0.5, 0.6) is 0 Å². The number of hydrogen-bond acceptors (Lipinski definition) is 4. The number of anilines is 1. The molecular weight excluding hydrogens is 578 g/mol. The van der Waals surface area contributed by atoms with Crippen LogP contribution in [0, 0.1) is 0 Å². The Labute approximate surface area is 237 Å². The predicted molar refractivity (Wildman–Crippen MR) is 147 cm³/mol. The van der Waals surface area contributed by atoms with E-state index in [1.165, 1.54) is 11.0 Å². The summed E-state index contributed by atoms with van der Waals surface area (Å²) in [5.41, 5.74) is -0.706. The smallest absolute Gasteiger partial charge is 0.354 e. The number of unbranched alkanes of at least 4 members (excludes halogenated alkanes) is 1. The predicted octanol–water partition coefficient (Wildman–Crippen LogP) is 5.89. The molecular formula is C26H32Cl2F3N3O4S. The van der Waals surface area contributed by atoms with Crippen LogP contribution in [-0.2, 0) is 32.3 Å².